The van der Waals surface area contributed by atoms with Crippen molar-refractivity contribution in [1.29, 1.82) is 0 Å². The fourth-order valence-electron chi connectivity index (χ4n) is 3.21. The second-order valence-electron chi connectivity index (χ2n) is 7.06. The Hall–Kier alpha value is -3.10. The molecule has 0 unspecified atom stereocenters. The number of hydrogen-bond acceptors (Lipinski definition) is 6. The zero-order valence-corrected chi connectivity index (χ0v) is 18.8. The monoisotopic (exact) mass is 451 g/mol. The summed E-state index contributed by atoms with van der Waals surface area (Å²) in [4.78, 5) is 24.3. The van der Waals surface area contributed by atoms with Crippen molar-refractivity contribution in [2.24, 2.45) is 0 Å². The van der Waals surface area contributed by atoms with Crippen LogP contribution in [0.1, 0.15) is 28.5 Å². The number of fused-ring (bicyclic) bond motifs is 1. The van der Waals surface area contributed by atoms with Crippen LogP contribution >= 0.6 is 11.3 Å². The molecule has 0 atom stereocenters. The van der Waals surface area contributed by atoms with E-state index in [4.69, 9.17) is 4.98 Å². The summed E-state index contributed by atoms with van der Waals surface area (Å²) in [6.07, 6.45) is 1.68. The van der Waals surface area contributed by atoms with E-state index >= 15 is 0 Å². The number of benzene rings is 2. The molecule has 1 amide bonds. The number of aryl methyl sites for hydroxylation is 1. The Kier molecular flexibility index (Phi) is 5.84. The number of pyridine rings is 1. The lowest BCUT2D eigenvalue weighted by Gasteiger charge is -2.20. The average molecular weight is 452 g/mol. The van der Waals surface area contributed by atoms with Gasteiger partial charge in [-0.05, 0) is 48.9 Å². The first kappa shape index (κ1) is 21.1. The lowest BCUT2D eigenvalue weighted by Crippen LogP contribution is -2.30. The highest BCUT2D eigenvalue weighted by Crippen LogP contribution is 2.32. The molecule has 31 heavy (non-hydrogen) atoms. The van der Waals surface area contributed by atoms with Gasteiger partial charge in [0, 0.05) is 11.8 Å². The van der Waals surface area contributed by atoms with Crippen LogP contribution in [0.2, 0.25) is 0 Å². The first-order valence-electron chi connectivity index (χ1n) is 9.80. The number of sulfone groups is 1. The molecule has 6 nitrogen and oxygen atoms in total. The number of anilines is 1. The van der Waals surface area contributed by atoms with Gasteiger partial charge in [-0.3, -0.25) is 14.7 Å². The average Bonchev–Trinajstić information content (AvgIpc) is 3.23. The van der Waals surface area contributed by atoms with E-state index in [1.807, 2.05) is 43.3 Å². The van der Waals surface area contributed by atoms with Gasteiger partial charge in [-0.2, -0.15) is 0 Å². The first-order chi connectivity index (χ1) is 14.9. The molecule has 0 spiro atoms. The maximum atomic E-state index is 13.5. The summed E-state index contributed by atoms with van der Waals surface area (Å²) >= 11 is 1.42. The quantitative estimate of drug-likeness (QED) is 0.427. The van der Waals surface area contributed by atoms with Crippen LogP contribution < -0.4 is 4.90 Å². The summed E-state index contributed by atoms with van der Waals surface area (Å²) in [6.45, 7) is 3.79. The van der Waals surface area contributed by atoms with Crippen LogP contribution in [0.4, 0.5) is 5.13 Å². The lowest BCUT2D eigenvalue weighted by molar-refractivity contribution is 0.0984. The number of carbonyl (C=O) groups excluding carboxylic acids is 1. The van der Waals surface area contributed by atoms with Crippen LogP contribution in [0, 0.1) is 6.92 Å². The van der Waals surface area contributed by atoms with Crippen molar-refractivity contribution in [1.82, 2.24) is 9.97 Å². The van der Waals surface area contributed by atoms with Gasteiger partial charge >= 0.3 is 0 Å². The minimum atomic E-state index is -3.43. The van der Waals surface area contributed by atoms with Crippen molar-refractivity contribution >= 4 is 42.4 Å². The molecule has 0 aliphatic carbocycles. The molecule has 0 saturated carbocycles. The van der Waals surface area contributed by atoms with Gasteiger partial charge in [0.05, 0.1) is 33.1 Å². The van der Waals surface area contributed by atoms with E-state index in [1.165, 1.54) is 23.5 Å². The highest BCUT2D eigenvalue weighted by Gasteiger charge is 2.24. The third kappa shape index (κ3) is 4.35. The molecule has 4 aromatic rings. The van der Waals surface area contributed by atoms with Crippen molar-refractivity contribution in [2.45, 2.75) is 25.3 Å². The summed E-state index contributed by atoms with van der Waals surface area (Å²) in [5.74, 6) is -0.352. The predicted molar refractivity (Wildman–Crippen MR) is 123 cm³/mol. The number of carbonyl (C=O) groups is 1. The number of amides is 1. The number of thiazole rings is 1. The highest BCUT2D eigenvalue weighted by molar-refractivity contribution is 7.91. The van der Waals surface area contributed by atoms with Crippen molar-refractivity contribution < 1.29 is 13.2 Å². The fraction of sp³-hybridized carbons (Fsp3) is 0.174. The Morgan fingerprint density at radius 1 is 1.06 bits per heavy atom. The molecular weight excluding hydrogens is 430 g/mol. The SMILES string of the molecule is CCS(=O)(=O)c1cccc(C(=O)N(Cc2ccccn2)c2nc3c(C)cccc3s2)c1. The Labute approximate surface area is 185 Å². The molecular formula is C23H21N3O3S2. The van der Waals surface area contributed by atoms with Crippen LogP contribution in [0.15, 0.2) is 71.8 Å². The molecule has 0 fully saturated rings. The zero-order valence-electron chi connectivity index (χ0n) is 17.1. The lowest BCUT2D eigenvalue weighted by atomic mass is 10.2. The van der Waals surface area contributed by atoms with Gasteiger partial charge in [0.2, 0.25) is 0 Å². The van der Waals surface area contributed by atoms with E-state index in [2.05, 4.69) is 4.98 Å². The number of aromatic nitrogens is 2. The largest absolute Gasteiger partial charge is 0.278 e. The Morgan fingerprint density at radius 3 is 2.58 bits per heavy atom. The standard InChI is InChI=1S/C23H21N3O3S2/c1-3-31(28,29)19-11-7-9-17(14-19)22(27)26(15-18-10-4-5-13-24-18)23-25-21-16(2)8-6-12-20(21)30-23/h4-14H,3,15H2,1-2H3. The van der Waals surface area contributed by atoms with Crippen LogP contribution in [-0.2, 0) is 16.4 Å². The summed E-state index contributed by atoms with van der Waals surface area (Å²) in [5, 5.41) is 0.545. The highest BCUT2D eigenvalue weighted by atomic mass is 32.2. The summed E-state index contributed by atoms with van der Waals surface area (Å²) < 4.78 is 25.6. The van der Waals surface area contributed by atoms with Gasteiger partial charge in [-0.25, -0.2) is 13.4 Å². The zero-order chi connectivity index (χ0) is 22.0. The molecule has 0 aliphatic rings. The second-order valence-corrected chi connectivity index (χ2v) is 10.3. The molecule has 0 aliphatic heterocycles. The molecule has 8 heteroatoms. The van der Waals surface area contributed by atoms with Crippen molar-refractivity contribution in [2.75, 3.05) is 10.7 Å². The van der Waals surface area contributed by atoms with Crippen molar-refractivity contribution in [3.05, 3.63) is 83.7 Å². The number of rotatable bonds is 6. The molecule has 0 N–H and O–H groups in total. The molecule has 0 saturated heterocycles. The summed E-state index contributed by atoms with van der Waals surface area (Å²) in [5.41, 5.74) is 2.88. The Morgan fingerprint density at radius 2 is 1.87 bits per heavy atom. The predicted octanol–water partition coefficient (Wildman–Crippen LogP) is 4.64. The Balaban J connectivity index is 1.79. The van der Waals surface area contributed by atoms with Gasteiger partial charge in [0.15, 0.2) is 15.0 Å². The molecule has 4 rings (SSSR count). The van der Waals surface area contributed by atoms with E-state index in [0.717, 1.165) is 15.8 Å². The molecule has 0 radical (unpaired) electrons. The van der Waals surface area contributed by atoms with Crippen LogP contribution in [0.3, 0.4) is 0 Å². The van der Waals surface area contributed by atoms with Gasteiger partial charge in [-0.1, -0.05) is 42.5 Å². The number of para-hydroxylation sites is 1. The Bertz CT molecular complexity index is 1350. The molecule has 2 aromatic carbocycles. The fourth-order valence-corrected chi connectivity index (χ4v) is 5.18. The first-order valence-corrected chi connectivity index (χ1v) is 12.3. The molecule has 2 heterocycles. The molecule has 2 aromatic heterocycles. The van der Waals surface area contributed by atoms with Gasteiger partial charge < -0.3 is 0 Å². The van der Waals surface area contributed by atoms with Crippen molar-refractivity contribution in [3.63, 3.8) is 0 Å². The maximum Gasteiger partial charge on any atom is 0.260 e. The van der Waals surface area contributed by atoms with E-state index in [1.54, 1.807) is 30.2 Å². The molecule has 158 valence electrons. The number of hydrogen-bond donors (Lipinski definition) is 0. The third-order valence-electron chi connectivity index (χ3n) is 4.95. The van der Waals surface area contributed by atoms with E-state index < -0.39 is 9.84 Å². The summed E-state index contributed by atoms with van der Waals surface area (Å²) in [7, 11) is -3.43. The maximum absolute atomic E-state index is 13.5. The van der Waals surface area contributed by atoms with Gasteiger partial charge in [0.25, 0.3) is 5.91 Å². The van der Waals surface area contributed by atoms with Crippen LogP contribution in [0.5, 0.6) is 0 Å². The van der Waals surface area contributed by atoms with Crippen LogP contribution in [0.25, 0.3) is 10.2 Å². The van der Waals surface area contributed by atoms with E-state index in [9.17, 15) is 13.2 Å². The normalized spacial score (nSPS) is 11.5. The summed E-state index contributed by atoms with van der Waals surface area (Å²) in [6, 6.07) is 17.6. The van der Waals surface area contributed by atoms with E-state index in [-0.39, 0.29) is 23.1 Å². The van der Waals surface area contributed by atoms with E-state index in [0.29, 0.717) is 16.4 Å². The smallest absolute Gasteiger partial charge is 0.260 e. The minimum absolute atomic E-state index is 0.0283. The van der Waals surface area contributed by atoms with Crippen molar-refractivity contribution in [3.8, 4) is 0 Å². The number of nitrogens with zero attached hydrogens (tertiary/aromatic N) is 3. The van der Waals surface area contributed by atoms with Crippen LogP contribution in [-0.4, -0.2) is 30.0 Å². The molecule has 0 bridgehead atoms. The van der Waals surface area contributed by atoms with Gasteiger partial charge in [0.1, 0.15) is 0 Å². The van der Waals surface area contributed by atoms with Gasteiger partial charge in [-0.15, -0.1) is 0 Å². The minimum Gasteiger partial charge on any atom is -0.278 e. The third-order valence-corrected chi connectivity index (χ3v) is 7.73. The topological polar surface area (TPSA) is 80.2 Å². The second kappa shape index (κ2) is 8.56.